The number of aryl methyl sites for hydroxylation is 2. The monoisotopic (exact) mass is 362 g/mol. The van der Waals surface area contributed by atoms with Gasteiger partial charge in [0.2, 0.25) is 0 Å². The quantitative estimate of drug-likeness (QED) is 0.336. The van der Waals surface area contributed by atoms with E-state index in [1.54, 1.807) is 6.07 Å². The van der Waals surface area contributed by atoms with Crippen molar-refractivity contribution in [1.29, 1.82) is 0 Å². The summed E-state index contributed by atoms with van der Waals surface area (Å²) in [5.74, 6) is 0.121. The Morgan fingerprint density at radius 3 is 1.73 bits per heavy atom. The van der Waals surface area contributed by atoms with Crippen molar-refractivity contribution in [3.8, 4) is 11.5 Å². The van der Waals surface area contributed by atoms with Gasteiger partial charge in [-0.15, -0.1) is 0 Å². The Hall–Kier alpha value is -1.18. The third-order valence-electron chi connectivity index (χ3n) is 4.99. The van der Waals surface area contributed by atoms with Gasteiger partial charge in [-0.1, -0.05) is 73.3 Å². The molecule has 0 aliphatic carbocycles. The molecule has 1 aromatic carbocycles. The molecule has 0 atom stereocenters. The van der Waals surface area contributed by atoms with E-state index in [0.29, 0.717) is 10.8 Å². The molecule has 0 aromatic heterocycles. The van der Waals surface area contributed by atoms with Crippen molar-refractivity contribution < 1.29 is 10.2 Å². The largest absolute Gasteiger partial charge is 0.504 e. The lowest BCUT2D eigenvalue weighted by Gasteiger charge is -2.18. The van der Waals surface area contributed by atoms with Gasteiger partial charge in [-0.25, -0.2) is 0 Å². The lowest BCUT2D eigenvalue weighted by molar-refractivity contribution is 0.357. The van der Waals surface area contributed by atoms with Crippen molar-refractivity contribution in [3.05, 3.63) is 23.3 Å². The molecule has 26 heavy (non-hydrogen) atoms. The Morgan fingerprint density at radius 2 is 1.15 bits per heavy atom. The van der Waals surface area contributed by atoms with Crippen LogP contribution in [0.5, 0.6) is 11.5 Å². The zero-order chi connectivity index (χ0) is 19.8. The van der Waals surface area contributed by atoms with Crippen LogP contribution in [0.25, 0.3) is 0 Å². The number of hydrogen-bond donors (Lipinski definition) is 2. The minimum Gasteiger partial charge on any atom is -0.504 e. The zero-order valence-corrected chi connectivity index (χ0v) is 18.1. The molecule has 0 radical (unpaired) electrons. The summed E-state index contributed by atoms with van der Waals surface area (Å²) in [7, 11) is 0. The highest BCUT2D eigenvalue weighted by molar-refractivity contribution is 5.47. The van der Waals surface area contributed by atoms with Crippen molar-refractivity contribution in [2.75, 3.05) is 0 Å². The van der Waals surface area contributed by atoms with Crippen LogP contribution in [0.3, 0.4) is 0 Å². The Labute approximate surface area is 162 Å². The molecule has 1 rings (SSSR count). The number of hydrogen-bond acceptors (Lipinski definition) is 2. The molecule has 2 nitrogen and oxygen atoms in total. The van der Waals surface area contributed by atoms with Gasteiger partial charge in [0.1, 0.15) is 0 Å². The van der Waals surface area contributed by atoms with Gasteiger partial charge in [0.15, 0.2) is 11.5 Å². The minimum absolute atomic E-state index is 0.0426. The van der Waals surface area contributed by atoms with Crippen molar-refractivity contribution in [2.45, 2.75) is 106 Å². The van der Waals surface area contributed by atoms with Crippen LogP contribution < -0.4 is 0 Å². The molecule has 0 fully saturated rings. The maximum absolute atomic E-state index is 10.1. The van der Waals surface area contributed by atoms with Gasteiger partial charge in [-0.2, -0.15) is 0 Å². The Morgan fingerprint density at radius 1 is 0.654 bits per heavy atom. The third kappa shape index (κ3) is 10.1. The second-order valence-electron chi connectivity index (χ2n) is 10.4. The summed E-state index contributed by atoms with van der Waals surface area (Å²) in [6.07, 6.45) is 11.5. The maximum Gasteiger partial charge on any atom is 0.160 e. The minimum atomic E-state index is 0.0426. The van der Waals surface area contributed by atoms with Crippen molar-refractivity contribution >= 4 is 0 Å². The van der Waals surface area contributed by atoms with Gasteiger partial charge in [0.05, 0.1) is 0 Å². The van der Waals surface area contributed by atoms with Gasteiger partial charge in [0, 0.05) is 0 Å². The molecule has 0 saturated carbocycles. The second kappa shape index (κ2) is 10.2. The summed E-state index contributed by atoms with van der Waals surface area (Å²) >= 11 is 0. The Balaban J connectivity index is 2.43. The summed E-state index contributed by atoms with van der Waals surface area (Å²) in [5, 5.41) is 20.2. The second-order valence-corrected chi connectivity index (χ2v) is 10.4. The van der Waals surface area contributed by atoms with E-state index in [0.717, 1.165) is 43.2 Å². The fraction of sp³-hybridized carbons (Fsp3) is 0.750. The Bertz CT molecular complexity index is 532. The molecule has 0 heterocycles. The average molecular weight is 363 g/mol. The van der Waals surface area contributed by atoms with E-state index in [9.17, 15) is 10.2 Å². The number of aromatic hydroxyl groups is 2. The van der Waals surface area contributed by atoms with Crippen LogP contribution in [0, 0.1) is 10.8 Å². The van der Waals surface area contributed by atoms with Crippen molar-refractivity contribution in [3.63, 3.8) is 0 Å². The van der Waals surface area contributed by atoms with Gasteiger partial charge < -0.3 is 10.2 Å². The first-order valence-electron chi connectivity index (χ1n) is 10.5. The SMILES string of the molecule is CC(C)(C)CCCCCCc1cc(O)c(O)c(CCCCC(C)(C)C)c1. The van der Waals surface area contributed by atoms with Crippen LogP contribution in [0.15, 0.2) is 12.1 Å². The van der Waals surface area contributed by atoms with Crippen LogP contribution in [0.2, 0.25) is 0 Å². The van der Waals surface area contributed by atoms with Crippen LogP contribution in [0.1, 0.15) is 104 Å². The highest BCUT2D eigenvalue weighted by Gasteiger charge is 2.12. The highest BCUT2D eigenvalue weighted by atomic mass is 16.3. The molecule has 0 saturated heterocycles. The summed E-state index contributed by atoms with van der Waals surface area (Å²) in [6.45, 7) is 13.7. The van der Waals surface area contributed by atoms with E-state index in [1.165, 1.54) is 32.1 Å². The average Bonchev–Trinajstić information content (AvgIpc) is 2.49. The molecule has 0 unspecified atom stereocenters. The van der Waals surface area contributed by atoms with E-state index in [4.69, 9.17) is 0 Å². The predicted octanol–water partition coefficient (Wildman–Crippen LogP) is 7.40. The molecule has 0 aliphatic heterocycles. The van der Waals surface area contributed by atoms with E-state index < -0.39 is 0 Å². The Kier molecular flexibility index (Phi) is 9.00. The van der Waals surface area contributed by atoms with E-state index in [-0.39, 0.29) is 11.5 Å². The standard InChI is InChI=1S/C24H42O2/c1-23(2,3)15-11-8-7-9-13-19-17-20(22(26)21(25)18-19)14-10-12-16-24(4,5)6/h17-18,25-26H,7-16H2,1-6H3. The zero-order valence-electron chi connectivity index (χ0n) is 18.1. The third-order valence-corrected chi connectivity index (χ3v) is 4.99. The number of unbranched alkanes of at least 4 members (excludes halogenated alkanes) is 4. The lowest BCUT2D eigenvalue weighted by Crippen LogP contribution is -2.04. The van der Waals surface area contributed by atoms with Gasteiger partial charge in [-0.3, -0.25) is 0 Å². The van der Waals surface area contributed by atoms with Gasteiger partial charge >= 0.3 is 0 Å². The van der Waals surface area contributed by atoms with E-state index >= 15 is 0 Å². The molecule has 2 heteroatoms. The molecule has 1 aromatic rings. The summed E-state index contributed by atoms with van der Waals surface area (Å²) in [4.78, 5) is 0. The fourth-order valence-electron chi connectivity index (χ4n) is 3.39. The summed E-state index contributed by atoms with van der Waals surface area (Å²) in [6, 6.07) is 3.84. The van der Waals surface area contributed by atoms with Crippen molar-refractivity contribution in [2.24, 2.45) is 10.8 Å². The van der Waals surface area contributed by atoms with E-state index in [2.05, 4.69) is 47.6 Å². The predicted molar refractivity (Wildman–Crippen MR) is 113 cm³/mol. The molecule has 2 N–H and O–H groups in total. The lowest BCUT2D eigenvalue weighted by atomic mass is 9.89. The smallest absolute Gasteiger partial charge is 0.160 e. The topological polar surface area (TPSA) is 40.5 Å². The first kappa shape index (κ1) is 22.9. The van der Waals surface area contributed by atoms with Gasteiger partial charge in [0.25, 0.3) is 0 Å². The number of rotatable bonds is 10. The maximum atomic E-state index is 10.1. The van der Waals surface area contributed by atoms with Crippen LogP contribution in [0.4, 0.5) is 0 Å². The number of phenolic OH excluding ortho intramolecular Hbond substituents is 2. The molecule has 150 valence electrons. The molecular formula is C24H42O2. The first-order valence-corrected chi connectivity index (χ1v) is 10.5. The number of phenols is 2. The first-order chi connectivity index (χ1) is 12.0. The molecule has 0 aliphatic rings. The highest BCUT2D eigenvalue weighted by Crippen LogP contribution is 2.33. The molecular weight excluding hydrogens is 320 g/mol. The van der Waals surface area contributed by atoms with Crippen molar-refractivity contribution in [1.82, 2.24) is 0 Å². The van der Waals surface area contributed by atoms with Crippen LogP contribution >= 0.6 is 0 Å². The van der Waals surface area contributed by atoms with Gasteiger partial charge in [-0.05, 0) is 66.5 Å². The van der Waals surface area contributed by atoms with Crippen LogP contribution in [-0.2, 0) is 12.8 Å². The summed E-state index contributed by atoms with van der Waals surface area (Å²) in [5.41, 5.74) is 2.85. The molecule has 0 spiro atoms. The molecule has 0 amide bonds. The van der Waals surface area contributed by atoms with E-state index in [1.807, 2.05) is 0 Å². The fourth-order valence-corrected chi connectivity index (χ4v) is 3.39. The molecule has 0 bridgehead atoms. The number of benzene rings is 1. The van der Waals surface area contributed by atoms with Crippen LogP contribution in [-0.4, -0.2) is 10.2 Å². The summed E-state index contributed by atoms with van der Waals surface area (Å²) < 4.78 is 0. The normalized spacial score (nSPS) is 12.5.